The number of rotatable bonds is 7. The van der Waals surface area contributed by atoms with Gasteiger partial charge >= 0.3 is 0 Å². The van der Waals surface area contributed by atoms with Crippen LogP contribution in [-0.2, 0) is 4.79 Å². The number of hydrazine groups is 1. The number of aromatic nitrogens is 2. The van der Waals surface area contributed by atoms with E-state index in [4.69, 9.17) is 11.6 Å². The Bertz CT molecular complexity index is 413. The Balaban J connectivity index is 2.98. The molecule has 1 aromatic heterocycles. The second-order valence-corrected chi connectivity index (χ2v) is 3.75. The first-order valence-electron chi connectivity index (χ1n) is 5.60. The number of hydrogen-bond acceptors (Lipinski definition) is 6. The summed E-state index contributed by atoms with van der Waals surface area (Å²) >= 11 is 0. The lowest BCUT2D eigenvalue weighted by atomic mass is 10.3. The third-order valence-electron chi connectivity index (χ3n) is 2.28. The van der Waals surface area contributed by atoms with Crippen molar-refractivity contribution in [3.8, 4) is 0 Å². The number of carbonyl (C=O) groups excluding carboxylic acids is 1. The van der Waals surface area contributed by atoms with Gasteiger partial charge < -0.3 is 10.6 Å². The Morgan fingerprint density at radius 1 is 1.61 bits per heavy atom. The monoisotopic (exact) mass is 256 g/mol. The van der Waals surface area contributed by atoms with E-state index in [0.717, 1.165) is 19.0 Å². The number of nitrogens with one attached hydrogen (secondary N) is 1. The van der Waals surface area contributed by atoms with Gasteiger partial charge in [-0.3, -0.25) is 10.2 Å². The standard InChI is InChI=1S/C10H17FN6O/c1-2-3-4-17(6-8(12)18)9-7(11)5-14-10(15-9)16-13/h5H,2-4,6,13H2,1H3,(H2,12,18)(H,14,15,16). The van der Waals surface area contributed by atoms with Crippen LogP contribution in [0.25, 0.3) is 0 Å². The van der Waals surface area contributed by atoms with Gasteiger partial charge in [0.1, 0.15) is 0 Å². The minimum Gasteiger partial charge on any atom is -0.368 e. The maximum Gasteiger partial charge on any atom is 0.239 e. The molecule has 0 aromatic carbocycles. The van der Waals surface area contributed by atoms with Crippen LogP contribution >= 0.6 is 0 Å². The summed E-state index contributed by atoms with van der Waals surface area (Å²) in [5, 5.41) is 0. The molecule has 0 spiro atoms. The van der Waals surface area contributed by atoms with Crippen LogP contribution in [0.15, 0.2) is 6.20 Å². The van der Waals surface area contributed by atoms with Gasteiger partial charge in [0.05, 0.1) is 12.7 Å². The number of unbranched alkanes of at least 4 members (excludes halogenated alkanes) is 1. The Hall–Kier alpha value is -1.96. The van der Waals surface area contributed by atoms with E-state index >= 15 is 0 Å². The highest BCUT2D eigenvalue weighted by Crippen LogP contribution is 2.17. The van der Waals surface area contributed by atoms with E-state index in [9.17, 15) is 9.18 Å². The highest BCUT2D eigenvalue weighted by molar-refractivity contribution is 5.79. The van der Waals surface area contributed by atoms with Crippen LogP contribution in [0.2, 0.25) is 0 Å². The molecule has 0 aliphatic rings. The molecule has 0 aliphatic heterocycles. The van der Waals surface area contributed by atoms with Crippen molar-refractivity contribution in [2.75, 3.05) is 23.4 Å². The van der Waals surface area contributed by atoms with Crippen molar-refractivity contribution >= 4 is 17.7 Å². The van der Waals surface area contributed by atoms with Gasteiger partial charge in [0, 0.05) is 6.54 Å². The van der Waals surface area contributed by atoms with E-state index in [1.54, 1.807) is 0 Å². The molecule has 0 unspecified atom stereocenters. The van der Waals surface area contributed by atoms with Crippen molar-refractivity contribution in [2.24, 2.45) is 11.6 Å². The molecule has 1 amide bonds. The lowest BCUT2D eigenvalue weighted by molar-refractivity contribution is -0.116. The van der Waals surface area contributed by atoms with E-state index in [2.05, 4.69) is 15.4 Å². The van der Waals surface area contributed by atoms with Crippen molar-refractivity contribution in [2.45, 2.75) is 19.8 Å². The molecule has 1 heterocycles. The van der Waals surface area contributed by atoms with Gasteiger partial charge in [-0.2, -0.15) is 4.98 Å². The zero-order valence-corrected chi connectivity index (χ0v) is 10.2. The SMILES string of the molecule is CCCCN(CC(N)=O)c1nc(NN)ncc1F. The number of halogens is 1. The van der Waals surface area contributed by atoms with Crippen molar-refractivity contribution in [1.82, 2.24) is 9.97 Å². The lowest BCUT2D eigenvalue weighted by Gasteiger charge is -2.22. The summed E-state index contributed by atoms with van der Waals surface area (Å²) in [6.45, 7) is 2.38. The van der Waals surface area contributed by atoms with Crippen LogP contribution in [-0.4, -0.2) is 29.0 Å². The molecule has 5 N–H and O–H groups in total. The van der Waals surface area contributed by atoms with E-state index < -0.39 is 11.7 Å². The Kier molecular flexibility index (Phi) is 5.25. The Labute approximate surface area is 104 Å². The topological polar surface area (TPSA) is 110 Å². The summed E-state index contributed by atoms with van der Waals surface area (Å²) in [6, 6.07) is 0. The summed E-state index contributed by atoms with van der Waals surface area (Å²) in [5.41, 5.74) is 7.36. The predicted molar refractivity (Wildman–Crippen MR) is 66.1 cm³/mol. The van der Waals surface area contributed by atoms with E-state index in [0.29, 0.717) is 6.54 Å². The quantitative estimate of drug-likeness (QED) is 0.467. The fourth-order valence-electron chi connectivity index (χ4n) is 1.45. The normalized spacial score (nSPS) is 10.2. The summed E-state index contributed by atoms with van der Waals surface area (Å²) in [4.78, 5) is 20.0. The van der Waals surface area contributed by atoms with Gasteiger partial charge in [0.2, 0.25) is 11.9 Å². The fourth-order valence-corrected chi connectivity index (χ4v) is 1.45. The average molecular weight is 256 g/mol. The van der Waals surface area contributed by atoms with E-state index in [1.165, 1.54) is 4.90 Å². The van der Waals surface area contributed by atoms with Crippen LogP contribution in [0.5, 0.6) is 0 Å². The number of carbonyl (C=O) groups is 1. The van der Waals surface area contributed by atoms with Crippen molar-refractivity contribution in [1.29, 1.82) is 0 Å². The highest BCUT2D eigenvalue weighted by atomic mass is 19.1. The van der Waals surface area contributed by atoms with Crippen LogP contribution in [0.3, 0.4) is 0 Å². The summed E-state index contributed by atoms with van der Waals surface area (Å²) < 4.78 is 13.6. The summed E-state index contributed by atoms with van der Waals surface area (Å²) in [5.74, 6) is 4.09. The van der Waals surface area contributed by atoms with Gasteiger partial charge in [-0.25, -0.2) is 15.2 Å². The Morgan fingerprint density at radius 2 is 2.33 bits per heavy atom. The molecule has 100 valence electrons. The average Bonchev–Trinajstić information content (AvgIpc) is 2.35. The molecule has 0 fully saturated rings. The molecule has 0 bridgehead atoms. The van der Waals surface area contributed by atoms with E-state index in [1.807, 2.05) is 6.92 Å². The van der Waals surface area contributed by atoms with Gasteiger partial charge in [-0.1, -0.05) is 13.3 Å². The molecule has 0 radical (unpaired) electrons. The largest absolute Gasteiger partial charge is 0.368 e. The molecule has 0 saturated carbocycles. The fraction of sp³-hybridized carbons (Fsp3) is 0.500. The third-order valence-corrected chi connectivity index (χ3v) is 2.28. The number of primary amides is 1. The smallest absolute Gasteiger partial charge is 0.239 e. The van der Waals surface area contributed by atoms with Crippen molar-refractivity contribution in [3.05, 3.63) is 12.0 Å². The second-order valence-electron chi connectivity index (χ2n) is 3.75. The summed E-state index contributed by atoms with van der Waals surface area (Å²) in [6.07, 6.45) is 2.70. The van der Waals surface area contributed by atoms with Crippen molar-refractivity contribution in [3.63, 3.8) is 0 Å². The molecule has 0 atom stereocenters. The van der Waals surface area contributed by atoms with Crippen LogP contribution < -0.4 is 21.9 Å². The molecular formula is C10H17FN6O. The van der Waals surface area contributed by atoms with Crippen molar-refractivity contribution < 1.29 is 9.18 Å². The minimum absolute atomic E-state index is 0.0187. The third kappa shape index (κ3) is 3.81. The number of nitrogens with zero attached hydrogens (tertiary/aromatic N) is 3. The minimum atomic E-state index is -0.619. The zero-order chi connectivity index (χ0) is 13.5. The molecule has 8 heteroatoms. The Morgan fingerprint density at radius 3 is 2.89 bits per heavy atom. The van der Waals surface area contributed by atoms with Gasteiger partial charge in [0.25, 0.3) is 0 Å². The first-order chi connectivity index (χ1) is 8.58. The second kappa shape index (κ2) is 6.70. The number of nitrogens with two attached hydrogens (primary N) is 2. The molecule has 1 aromatic rings. The predicted octanol–water partition coefficient (Wildman–Crippen LogP) is -0.00690. The van der Waals surface area contributed by atoms with Crippen LogP contribution in [0.1, 0.15) is 19.8 Å². The maximum atomic E-state index is 13.6. The highest BCUT2D eigenvalue weighted by Gasteiger charge is 2.16. The molecule has 1 rings (SSSR count). The molecular weight excluding hydrogens is 239 g/mol. The first-order valence-corrected chi connectivity index (χ1v) is 5.60. The summed E-state index contributed by atoms with van der Waals surface area (Å²) in [7, 11) is 0. The van der Waals surface area contributed by atoms with Gasteiger partial charge in [-0.15, -0.1) is 0 Å². The lowest BCUT2D eigenvalue weighted by Crippen LogP contribution is -2.36. The number of hydrogen-bond donors (Lipinski definition) is 3. The molecule has 0 aliphatic carbocycles. The number of amides is 1. The number of nitrogen functional groups attached to an aromatic ring is 1. The zero-order valence-electron chi connectivity index (χ0n) is 10.2. The number of anilines is 2. The van der Waals surface area contributed by atoms with Gasteiger partial charge in [0.15, 0.2) is 11.6 Å². The maximum absolute atomic E-state index is 13.6. The molecule has 0 saturated heterocycles. The molecule has 18 heavy (non-hydrogen) atoms. The van der Waals surface area contributed by atoms with Crippen LogP contribution in [0.4, 0.5) is 16.2 Å². The van der Waals surface area contributed by atoms with Gasteiger partial charge in [-0.05, 0) is 6.42 Å². The van der Waals surface area contributed by atoms with E-state index in [-0.39, 0.29) is 18.3 Å². The molecule has 7 nitrogen and oxygen atoms in total. The van der Waals surface area contributed by atoms with Crippen LogP contribution in [0, 0.1) is 5.82 Å². The first kappa shape index (κ1) is 14.1.